The number of fused-ring (bicyclic) bond motifs is 1. The number of nitrogens with zero attached hydrogens (tertiary/aromatic N) is 5. The van der Waals surface area contributed by atoms with Crippen LogP contribution >= 0.6 is 0 Å². The van der Waals surface area contributed by atoms with E-state index in [1.165, 1.54) is 45.6 Å². The first-order chi connectivity index (χ1) is 16.6. The van der Waals surface area contributed by atoms with Gasteiger partial charge in [-0.25, -0.2) is 14.8 Å². The van der Waals surface area contributed by atoms with Crippen LogP contribution in [0.15, 0.2) is 35.7 Å². The van der Waals surface area contributed by atoms with E-state index >= 15 is 0 Å². The molecule has 1 aromatic carbocycles. The number of hydrogen-bond donors (Lipinski definition) is 2. The molecule has 3 aromatic rings. The lowest BCUT2D eigenvalue weighted by molar-refractivity contribution is 0.215. The number of ether oxygens (including phenoxy) is 1. The molecule has 0 atom stereocenters. The maximum atomic E-state index is 12.9. The topological polar surface area (TPSA) is 120 Å². The standard InChI is InChI=1S/C24H31N7O3/c1-17-13-18-14-19(34-23-20(15-29-33-2)22(25)27-16-28-23)7-8-21(18)31(17)24(32)26-9-3-4-10-30-11-5-6-12-30/h7-8,13-16H,3-6,9-12H2,1-2H3,(H,26,32)(H2,25,27,28). The number of nitrogens with one attached hydrogen (secondary N) is 1. The van der Waals surface area contributed by atoms with Crippen LogP contribution in [0.5, 0.6) is 11.6 Å². The number of carbonyl (C=O) groups is 1. The third-order valence-corrected chi connectivity index (χ3v) is 5.92. The first kappa shape index (κ1) is 23.5. The third kappa shape index (κ3) is 5.45. The third-order valence-electron chi connectivity index (χ3n) is 5.92. The van der Waals surface area contributed by atoms with Gasteiger partial charge >= 0.3 is 6.03 Å². The average molecular weight is 466 g/mol. The zero-order valence-electron chi connectivity index (χ0n) is 19.7. The summed E-state index contributed by atoms with van der Waals surface area (Å²) in [6.07, 6.45) is 7.40. The zero-order valence-corrected chi connectivity index (χ0v) is 19.7. The monoisotopic (exact) mass is 465 g/mol. The molecule has 1 amide bonds. The summed E-state index contributed by atoms with van der Waals surface area (Å²) in [5.74, 6) is 1.04. The summed E-state index contributed by atoms with van der Waals surface area (Å²) in [5, 5.41) is 7.66. The van der Waals surface area contributed by atoms with Crippen molar-refractivity contribution in [3.8, 4) is 11.6 Å². The number of nitrogens with two attached hydrogens (primary N) is 1. The number of likely N-dealkylation sites (tertiary alicyclic amines) is 1. The van der Waals surface area contributed by atoms with E-state index in [1.807, 2.05) is 25.1 Å². The van der Waals surface area contributed by atoms with Crippen LogP contribution in [0, 0.1) is 6.92 Å². The number of nitrogen functional groups attached to an aromatic ring is 1. The molecular formula is C24H31N7O3. The summed E-state index contributed by atoms with van der Waals surface area (Å²) in [6.45, 7) is 6.10. The smallest absolute Gasteiger partial charge is 0.326 e. The van der Waals surface area contributed by atoms with E-state index in [1.54, 1.807) is 10.6 Å². The molecule has 0 spiro atoms. The summed E-state index contributed by atoms with van der Waals surface area (Å²) < 4.78 is 7.64. The number of aryl methyl sites for hydroxylation is 1. The van der Waals surface area contributed by atoms with Crippen molar-refractivity contribution >= 4 is 29.0 Å². The molecule has 1 aliphatic heterocycles. The van der Waals surface area contributed by atoms with Crippen LogP contribution in [-0.4, -0.2) is 65.0 Å². The fraction of sp³-hybridized carbons (Fsp3) is 0.417. The van der Waals surface area contributed by atoms with Crippen molar-refractivity contribution in [2.75, 3.05) is 39.0 Å². The summed E-state index contributed by atoms with van der Waals surface area (Å²) in [7, 11) is 1.43. The van der Waals surface area contributed by atoms with E-state index in [0.29, 0.717) is 17.9 Å². The van der Waals surface area contributed by atoms with Crippen molar-refractivity contribution in [2.45, 2.75) is 32.6 Å². The van der Waals surface area contributed by atoms with Crippen molar-refractivity contribution in [3.05, 3.63) is 41.9 Å². The molecule has 0 bridgehead atoms. The molecule has 34 heavy (non-hydrogen) atoms. The number of benzene rings is 1. The Labute approximate surface area is 198 Å². The van der Waals surface area contributed by atoms with Gasteiger partial charge in [-0.3, -0.25) is 4.57 Å². The molecule has 10 heteroatoms. The number of hydrogen-bond acceptors (Lipinski definition) is 8. The summed E-state index contributed by atoms with van der Waals surface area (Å²) in [6, 6.07) is 7.34. The molecule has 0 aliphatic carbocycles. The van der Waals surface area contributed by atoms with E-state index in [9.17, 15) is 4.79 Å². The first-order valence-corrected chi connectivity index (χ1v) is 11.5. The van der Waals surface area contributed by atoms with Gasteiger partial charge in [-0.05, 0) is 76.5 Å². The minimum Gasteiger partial charge on any atom is -0.438 e. The highest BCUT2D eigenvalue weighted by Crippen LogP contribution is 2.29. The van der Waals surface area contributed by atoms with Gasteiger partial charge in [0.15, 0.2) is 0 Å². The van der Waals surface area contributed by atoms with Crippen LogP contribution in [0.1, 0.15) is 36.9 Å². The average Bonchev–Trinajstić information content (AvgIpc) is 3.45. The lowest BCUT2D eigenvalue weighted by atomic mass is 10.2. The fourth-order valence-electron chi connectivity index (χ4n) is 4.22. The Morgan fingerprint density at radius 2 is 2.06 bits per heavy atom. The van der Waals surface area contributed by atoms with E-state index in [4.69, 9.17) is 15.3 Å². The summed E-state index contributed by atoms with van der Waals surface area (Å²) in [5.41, 5.74) is 8.00. The largest absolute Gasteiger partial charge is 0.438 e. The van der Waals surface area contributed by atoms with Gasteiger partial charge in [0.1, 0.15) is 30.6 Å². The van der Waals surface area contributed by atoms with Crippen LogP contribution in [-0.2, 0) is 4.84 Å². The van der Waals surface area contributed by atoms with E-state index in [-0.39, 0.29) is 17.7 Å². The molecule has 4 rings (SSSR count). The molecule has 0 unspecified atom stereocenters. The number of oxime groups is 1. The van der Waals surface area contributed by atoms with Gasteiger partial charge < -0.3 is 25.5 Å². The fourth-order valence-corrected chi connectivity index (χ4v) is 4.22. The van der Waals surface area contributed by atoms with Gasteiger partial charge in [-0.15, -0.1) is 0 Å². The zero-order chi connectivity index (χ0) is 23.9. The van der Waals surface area contributed by atoms with Gasteiger partial charge in [-0.2, -0.15) is 0 Å². The van der Waals surface area contributed by atoms with Gasteiger partial charge in [0.25, 0.3) is 0 Å². The van der Waals surface area contributed by atoms with Gasteiger partial charge in [0.2, 0.25) is 5.88 Å². The second kappa shape index (κ2) is 11.0. The Morgan fingerprint density at radius 3 is 2.85 bits per heavy atom. The summed E-state index contributed by atoms with van der Waals surface area (Å²) in [4.78, 5) is 28.2. The predicted octanol–water partition coefficient (Wildman–Crippen LogP) is 3.53. The Bertz CT molecular complexity index is 1170. The van der Waals surface area contributed by atoms with Gasteiger partial charge in [0, 0.05) is 17.6 Å². The normalized spacial score (nSPS) is 14.2. The molecule has 0 radical (unpaired) electrons. The minimum absolute atomic E-state index is 0.121. The summed E-state index contributed by atoms with van der Waals surface area (Å²) >= 11 is 0. The first-order valence-electron chi connectivity index (χ1n) is 11.5. The Morgan fingerprint density at radius 1 is 1.24 bits per heavy atom. The molecule has 180 valence electrons. The van der Waals surface area contributed by atoms with Crippen LogP contribution in [0.2, 0.25) is 0 Å². The Hall–Kier alpha value is -3.66. The lowest BCUT2D eigenvalue weighted by Crippen LogP contribution is -2.30. The van der Waals surface area contributed by atoms with Crippen molar-refractivity contribution in [3.63, 3.8) is 0 Å². The molecule has 0 saturated carbocycles. The van der Waals surface area contributed by atoms with Crippen molar-refractivity contribution in [1.82, 2.24) is 24.8 Å². The van der Waals surface area contributed by atoms with Gasteiger partial charge in [0.05, 0.1) is 11.7 Å². The van der Waals surface area contributed by atoms with Gasteiger partial charge in [-0.1, -0.05) is 5.16 Å². The highest BCUT2D eigenvalue weighted by Gasteiger charge is 2.15. The molecular weight excluding hydrogens is 434 g/mol. The van der Waals surface area contributed by atoms with E-state index in [0.717, 1.165) is 36.0 Å². The van der Waals surface area contributed by atoms with Crippen LogP contribution < -0.4 is 15.8 Å². The van der Waals surface area contributed by atoms with Crippen molar-refractivity contribution in [2.24, 2.45) is 5.16 Å². The highest BCUT2D eigenvalue weighted by atomic mass is 16.6. The molecule has 10 nitrogen and oxygen atoms in total. The Balaban J connectivity index is 1.42. The molecule has 1 fully saturated rings. The second-order valence-corrected chi connectivity index (χ2v) is 8.33. The van der Waals surface area contributed by atoms with Crippen LogP contribution in [0.3, 0.4) is 0 Å². The number of unbranched alkanes of at least 4 members (excludes halogenated alkanes) is 1. The SMILES string of the molecule is CON=Cc1c(N)ncnc1Oc1ccc2c(c1)cc(C)n2C(=O)NCCCCN1CCCC1. The predicted molar refractivity (Wildman–Crippen MR) is 132 cm³/mol. The second-order valence-electron chi connectivity index (χ2n) is 8.33. The number of anilines is 1. The molecule has 2 aromatic heterocycles. The molecule has 3 heterocycles. The van der Waals surface area contributed by atoms with E-state index < -0.39 is 0 Å². The quantitative estimate of drug-likeness (QED) is 0.282. The highest BCUT2D eigenvalue weighted by molar-refractivity contribution is 5.93. The number of carbonyl (C=O) groups excluding carboxylic acids is 1. The lowest BCUT2D eigenvalue weighted by Gasteiger charge is -2.14. The number of aromatic nitrogens is 3. The molecule has 1 aliphatic rings. The molecule has 3 N–H and O–H groups in total. The van der Waals surface area contributed by atoms with Crippen LogP contribution in [0.25, 0.3) is 10.9 Å². The van der Waals surface area contributed by atoms with Crippen molar-refractivity contribution in [1.29, 1.82) is 0 Å². The number of amides is 1. The van der Waals surface area contributed by atoms with E-state index in [2.05, 4.69) is 25.3 Å². The minimum atomic E-state index is -0.121. The number of rotatable bonds is 9. The Kier molecular flexibility index (Phi) is 7.58. The maximum Gasteiger partial charge on any atom is 0.326 e. The van der Waals surface area contributed by atoms with Crippen molar-refractivity contribution < 1.29 is 14.4 Å². The molecule has 1 saturated heterocycles. The maximum absolute atomic E-state index is 12.9. The van der Waals surface area contributed by atoms with Crippen LogP contribution in [0.4, 0.5) is 10.6 Å².